The number of likely N-dealkylation sites (N-methyl/N-ethyl adjacent to an activating group) is 1. The number of aryl methyl sites for hydroxylation is 1. The summed E-state index contributed by atoms with van der Waals surface area (Å²) >= 11 is 0. The van der Waals surface area contributed by atoms with Crippen LogP contribution in [-0.4, -0.2) is 24.5 Å². The highest BCUT2D eigenvalue weighted by Crippen LogP contribution is 2.25. The van der Waals surface area contributed by atoms with Gasteiger partial charge in [0.05, 0.1) is 0 Å². The van der Waals surface area contributed by atoms with E-state index in [2.05, 4.69) is 48.5 Å². The van der Waals surface area contributed by atoms with Crippen LogP contribution in [0.2, 0.25) is 0 Å². The van der Waals surface area contributed by atoms with Crippen molar-refractivity contribution in [1.29, 1.82) is 0 Å². The summed E-state index contributed by atoms with van der Waals surface area (Å²) in [5.41, 5.74) is 5.56. The van der Waals surface area contributed by atoms with Crippen molar-refractivity contribution in [2.24, 2.45) is 0 Å². The fourth-order valence-electron chi connectivity index (χ4n) is 3.14. The molecule has 1 aromatic carbocycles. The molecule has 1 atom stereocenters. The summed E-state index contributed by atoms with van der Waals surface area (Å²) in [5.74, 6) is 0. The number of benzene rings is 1. The van der Waals surface area contributed by atoms with E-state index >= 15 is 0 Å². The van der Waals surface area contributed by atoms with Crippen molar-refractivity contribution in [3.05, 3.63) is 59.8 Å². The normalized spacial score (nSPS) is 16.1. The summed E-state index contributed by atoms with van der Waals surface area (Å²) in [6.45, 7) is 12.4. The fraction of sp³-hybridized carbons (Fsp3) is 0.474. The molecule has 0 saturated heterocycles. The van der Waals surface area contributed by atoms with Crippen molar-refractivity contribution < 1.29 is 0 Å². The highest BCUT2D eigenvalue weighted by molar-refractivity contribution is 5.34. The van der Waals surface area contributed by atoms with Crippen molar-refractivity contribution in [1.82, 2.24) is 10.2 Å². The van der Waals surface area contributed by atoms with Gasteiger partial charge in [0.2, 0.25) is 0 Å². The Bertz CT molecular complexity index is 504. The van der Waals surface area contributed by atoms with Gasteiger partial charge in [-0.15, -0.1) is 6.58 Å². The Kier molecular flexibility index (Phi) is 5.63. The van der Waals surface area contributed by atoms with Gasteiger partial charge in [-0.1, -0.05) is 37.8 Å². The second-order valence-corrected chi connectivity index (χ2v) is 5.83. The minimum absolute atomic E-state index is 0.395. The predicted molar refractivity (Wildman–Crippen MR) is 91.4 cm³/mol. The third-order valence-electron chi connectivity index (χ3n) is 4.53. The molecule has 0 aliphatic carbocycles. The molecule has 1 aliphatic rings. The van der Waals surface area contributed by atoms with Gasteiger partial charge in [-0.2, -0.15) is 0 Å². The third-order valence-corrected chi connectivity index (χ3v) is 4.53. The molecule has 114 valence electrons. The Morgan fingerprint density at radius 2 is 2.24 bits per heavy atom. The Hall–Kier alpha value is -1.54. The average molecular weight is 284 g/mol. The van der Waals surface area contributed by atoms with E-state index in [1.807, 2.05) is 13.1 Å². The Morgan fingerprint density at radius 3 is 2.90 bits per heavy atom. The van der Waals surface area contributed by atoms with Crippen LogP contribution in [0, 0.1) is 0 Å². The van der Waals surface area contributed by atoms with Gasteiger partial charge in [0.1, 0.15) is 0 Å². The molecule has 2 nitrogen and oxygen atoms in total. The largest absolute Gasteiger partial charge is 0.391 e. The SMILES string of the molecule is C=CCCC(C(=C)NC)N1CCc2ccc(CC)cc2C1. The van der Waals surface area contributed by atoms with Gasteiger partial charge in [0.15, 0.2) is 0 Å². The number of hydrogen-bond acceptors (Lipinski definition) is 2. The van der Waals surface area contributed by atoms with Crippen LogP contribution >= 0.6 is 0 Å². The lowest BCUT2D eigenvalue weighted by Gasteiger charge is -2.36. The van der Waals surface area contributed by atoms with Crippen LogP contribution in [0.3, 0.4) is 0 Å². The second kappa shape index (κ2) is 7.46. The third kappa shape index (κ3) is 3.76. The monoisotopic (exact) mass is 284 g/mol. The number of allylic oxidation sites excluding steroid dienone is 1. The molecule has 2 heteroatoms. The molecule has 0 fully saturated rings. The van der Waals surface area contributed by atoms with E-state index in [1.54, 1.807) is 0 Å². The van der Waals surface area contributed by atoms with Crippen molar-refractivity contribution in [2.75, 3.05) is 13.6 Å². The number of nitrogens with one attached hydrogen (secondary N) is 1. The van der Waals surface area contributed by atoms with Crippen molar-refractivity contribution in [3.63, 3.8) is 0 Å². The minimum atomic E-state index is 0.395. The summed E-state index contributed by atoms with van der Waals surface area (Å²) < 4.78 is 0. The molecule has 1 unspecified atom stereocenters. The summed E-state index contributed by atoms with van der Waals surface area (Å²) in [6, 6.07) is 7.37. The van der Waals surface area contributed by atoms with Gasteiger partial charge in [-0.3, -0.25) is 4.90 Å². The summed E-state index contributed by atoms with van der Waals surface area (Å²) in [6.07, 6.45) is 6.37. The van der Waals surface area contributed by atoms with Gasteiger partial charge in [0.25, 0.3) is 0 Å². The molecule has 0 saturated carbocycles. The van der Waals surface area contributed by atoms with Crippen LogP contribution < -0.4 is 5.32 Å². The maximum Gasteiger partial charge on any atom is 0.0495 e. The van der Waals surface area contributed by atoms with E-state index in [0.717, 1.165) is 44.5 Å². The fourth-order valence-corrected chi connectivity index (χ4v) is 3.14. The molecule has 2 rings (SSSR count). The van der Waals surface area contributed by atoms with Crippen LogP contribution in [0.15, 0.2) is 43.1 Å². The Balaban J connectivity index is 2.16. The second-order valence-electron chi connectivity index (χ2n) is 5.83. The van der Waals surface area contributed by atoms with Crippen LogP contribution in [-0.2, 0) is 19.4 Å². The van der Waals surface area contributed by atoms with E-state index in [9.17, 15) is 0 Å². The molecule has 1 heterocycles. The zero-order valence-corrected chi connectivity index (χ0v) is 13.5. The minimum Gasteiger partial charge on any atom is -0.391 e. The van der Waals surface area contributed by atoms with Crippen LogP contribution in [0.1, 0.15) is 36.5 Å². The lowest BCUT2D eigenvalue weighted by molar-refractivity contribution is 0.190. The predicted octanol–water partition coefficient (Wildman–Crippen LogP) is 3.68. The van der Waals surface area contributed by atoms with Crippen molar-refractivity contribution in [2.45, 2.75) is 45.2 Å². The van der Waals surface area contributed by atoms with E-state index in [0.29, 0.717) is 6.04 Å². The number of fused-ring (bicyclic) bond motifs is 1. The molecular weight excluding hydrogens is 256 g/mol. The molecule has 1 N–H and O–H groups in total. The topological polar surface area (TPSA) is 15.3 Å². The first kappa shape index (κ1) is 15.8. The Morgan fingerprint density at radius 1 is 1.43 bits per heavy atom. The average Bonchev–Trinajstić information content (AvgIpc) is 2.54. The number of nitrogens with zero attached hydrogens (tertiary/aromatic N) is 1. The van der Waals surface area contributed by atoms with Crippen LogP contribution in [0.25, 0.3) is 0 Å². The standard InChI is InChI=1S/C19H28N2/c1-5-7-8-19(15(3)20-4)21-12-11-17-10-9-16(6-2)13-18(17)14-21/h5,9-10,13,19-20H,1,3,6-8,11-12,14H2,2,4H3. The van der Waals surface area contributed by atoms with Gasteiger partial charge in [0, 0.05) is 31.9 Å². The van der Waals surface area contributed by atoms with Crippen molar-refractivity contribution in [3.8, 4) is 0 Å². The highest BCUT2D eigenvalue weighted by Gasteiger charge is 2.24. The lowest BCUT2D eigenvalue weighted by atomic mass is 9.94. The molecule has 0 bridgehead atoms. The quantitative estimate of drug-likeness (QED) is 0.769. The maximum absolute atomic E-state index is 4.20. The summed E-state index contributed by atoms with van der Waals surface area (Å²) in [5, 5.41) is 3.25. The molecule has 21 heavy (non-hydrogen) atoms. The molecule has 1 aliphatic heterocycles. The first-order valence-corrected chi connectivity index (χ1v) is 8.01. The Labute approximate surface area is 129 Å². The summed E-state index contributed by atoms with van der Waals surface area (Å²) in [4.78, 5) is 2.56. The first-order valence-electron chi connectivity index (χ1n) is 8.01. The van der Waals surface area contributed by atoms with Gasteiger partial charge < -0.3 is 5.32 Å². The smallest absolute Gasteiger partial charge is 0.0495 e. The lowest BCUT2D eigenvalue weighted by Crippen LogP contribution is -2.42. The number of hydrogen-bond donors (Lipinski definition) is 1. The molecule has 1 aromatic rings. The number of rotatable bonds is 7. The van der Waals surface area contributed by atoms with Crippen LogP contribution in [0.4, 0.5) is 0 Å². The molecule has 0 radical (unpaired) electrons. The molecular formula is C19H28N2. The highest BCUT2D eigenvalue weighted by atomic mass is 15.2. The maximum atomic E-state index is 4.20. The van der Waals surface area contributed by atoms with Gasteiger partial charge in [-0.25, -0.2) is 0 Å². The van der Waals surface area contributed by atoms with Crippen molar-refractivity contribution >= 4 is 0 Å². The van der Waals surface area contributed by atoms with E-state index in [4.69, 9.17) is 0 Å². The van der Waals surface area contributed by atoms with Gasteiger partial charge >= 0.3 is 0 Å². The molecule has 0 amide bonds. The van der Waals surface area contributed by atoms with E-state index < -0.39 is 0 Å². The summed E-state index contributed by atoms with van der Waals surface area (Å²) in [7, 11) is 1.97. The van der Waals surface area contributed by atoms with Crippen LogP contribution in [0.5, 0.6) is 0 Å². The zero-order valence-electron chi connectivity index (χ0n) is 13.5. The van der Waals surface area contributed by atoms with Gasteiger partial charge in [-0.05, 0) is 42.4 Å². The molecule has 0 aromatic heterocycles. The molecule has 0 spiro atoms. The first-order chi connectivity index (χ1) is 10.2. The van der Waals surface area contributed by atoms with E-state index in [-0.39, 0.29) is 0 Å². The zero-order chi connectivity index (χ0) is 15.2. The van der Waals surface area contributed by atoms with E-state index in [1.165, 1.54) is 16.7 Å².